The van der Waals surface area contributed by atoms with Crippen LogP contribution in [0.15, 0.2) is 18.2 Å². The first-order valence-electron chi connectivity index (χ1n) is 6.10. The number of anilines is 1. The van der Waals surface area contributed by atoms with Crippen LogP contribution in [0.2, 0.25) is 5.02 Å². The molecule has 6 heteroatoms. The highest BCUT2D eigenvalue weighted by Gasteiger charge is 2.24. The van der Waals surface area contributed by atoms with Gasteiger partial charge >= 0.3 is 0 Å². The highest BCUT2D eigenvalue weighted by atomic mass is 35.5. The van der Waals surface area contributed by atoms with E-state index in [9.17, 15) is 9.59 Å². The molecule has 0 unspecified atom stereocenters. The smallest absolute Gasteiger partial charge is 0.243 e. The summed E-state index contributed by atoms with van der Waals surface area (Å²) >= 11 is 6.01. The molecular formula is C13H16ClN3O2. The normalized spacial score (nSPS) is 14.6. The third-order valence-corrected chi connectivity index (χ3v) is 3.29. The van der Waals surface area contributed by atoms with Crippen LogP contribution in [0.25, 0.3) is 0 Å². The fourth-order valence-corrected chi connectivity index (χ4v) is 1.98. The fraction of sp³-hybridized carbons (Fsp3) is 0.385. The van der Waals surface area contributed by atoms with Gasteiger partial charge in [0.05, 0.1) is 23.2 Å². The van der Waals surface area contributed by atoms with Crippen molar-refractivity contribution in [2.24, 2.45) is 5.92 Å². The van der Waals surface area contributed by atoms with Gasteiger partial charge in [-0.05, 0) is 24.6 Å². The molecule has 0 bridgehead atoms. The van der Waals surface area contributed by atoms with Crippen molar-refractivity contribution < 1.29 is 9.59 Å². The molecule has 2 rings (SSSR count). The zero-order chi connectivity index (χ0) is 13.8. The molecule has 1 aromatic rings. The van der Waals surface area contributed by atoms with Gasteiger partial charge < -0.3 is 16.0 Å². The summed E-state index contributed by atoms with van der Waals surface area (Å²) in [5.74, 6) is -0.397. The summed E-state index contributed by atoms with van der Waals surface area (Å²) in [5.41, 5.74) is 1.57. The average Bonchev–Trinajstić information content (AvgIpc) is 2.28. The number of carbonyl (C=O) groups excluding carboxylic acids is 2. The van der Waals surface area contributed by atoms with E-state index in [1.807, 2.05) is 13.0 Å². The minimum atomic E-state index is -0.286. The van der Waals surface area contributed by atoms with Crippen LogP contribution in [0.1, 0.15) is 5.56 Å². The number of hydrogen-bond donors (Lipinski definition) is 3. The number of carbonyl (C=O) groups is 2. The maximum Gasteiger partial charge on any atom is 0.243 e. The molecule has 0 spiro atoms. The van der Waals surface area contributed by atoms with Crippen molar-refractivity contribution in [1.29, 1.82) is 0 Å². The second kappa shape index (κ2) is 6.04. The molecule has 1 saturated heterocycles. The molecule has 1 aliphatic rings. The van der Waals surface area contributed by atoms with Gasteiger partial charge in [0.2, 0.25) is 11.8 Å². The van der Waals surface area contributed by atoms with E-state index < -0.39 is 0 Å². The quantitative estimate of drug-likeness (QED) is 0.769. The number of rotatable bonds is 4. The number of halogens is 1. The predicted molar refractivity (Wildman–Crippen MR) is 74.2 cm³/mol. The third kappa shape index (κ3) is 3.68. The lowest BCUT2D eigenvalue weighted by atomic mass is 10.0. The SMILES string of the molecule is Cc1ccc(NC(=O)CNC(=O)C2CNC2)c(Cl)c1. The van der Waals surface area contributed by atoms with Crippen molar-refractivity contribution >= 4 is 29.1 Å². The Bertz CT molecular complexity index is 501. The molecule has 1 fully saturated rings. The van der Waals surface area contributed by atoms with Crippen LogP contribution in [0.5, 0.6) is 0 Å². The molecule has 19 heavy (non-hydrogen) atoms. The van der Waals surface area contributed by atoms with E-state index in [1.54, 1.807) is 12.1 Å². The highest BCUT2D eigenvalue weighted by molar-refractivity contribution is 6.33. The van der Waals surface area contributed by atoms with Crippen LogP contribution in [0.4, 0.5) is 5.69 Å². The standard InChI is InChI=1S/C13H16ClN3O2/c1-8-2-3-11(10(14)4-8)17-12(18)7-16-13(19)9-5-15-6-9/h2-4,9,15H,5-7H2,1H3,(H,16,19)(H,17,18). The summed E-state index contributed by atoms with van der Waals surface area (Å²) in [6.07, 6.45) is 0. The van der Waals surface area contributed by atoms with E-state index in [0.29, 0.717) is 23.8 Å². The van der Waals surface area contributed by atoms with Gasteiger partial charge in [0.15, 0.2) is 0 Å². The lowest BCUT2D eigenvalue weighted by molar-refractivity contribution is -0.128. The van der Waals surface area contributed by atoms with E-state index in [2.05, 4.69) is 16.0 Å². The topological polar surface area (TPSA) is 70.2 Å². The van der Waals surface area contributed by atoms with E-state index in [1.165, 1.54) is 0 Å². The van der Waals surface area contributed by atoms with E-state index in [0.717, 1.165) is 5.56 Å². The summed E-state index contributed by atoms with van der Waals surface area (Å²) in [6.45, 7) is 3.23. The number of nitrogens with one attached hydrogen (secondary N) is 3. The second-order valence-electron chi connectivity index (χ2n) is 4.60. The molecular weight excluding hydrogens is 266 g/mol. The zero-order valence-electron chi connectivity index (χ0n) is 10.6. The summed E-state index contributed by atoms with van der Waals surface area (Å²) in [7, 11) is 0. The molecule has 0 saturated carbocycles. The van der Waals surface area contributed by atoms with Gasteiger partial charge in [-0.3, -0.25) is 9.59 Å². The average molecular weight is 282 g/mol. The van der Waals surface area contributed by atoms with Gasteiger partial charge in [0, 0.05) is 13.1 Å². The lowest BCUT2D eigenvalue weighted by Gasteiger charge is -2.25. The minimum absolute atomic E-state index is 0.0178. The Balaban J connectivity index is 1.81. The summed E-state index contributed by atoms with van der Waals surface area (Å²) < 4.78 is 0. The first-order valence-corrected chi connectivity index (χ1v) is 6.48. The number of amides is 2. The van der Waals surface area contributed by atoms with Crippen LogP contribution in [-0.2, 0) is 9.59 Å². The van der Waals surface area contributed by atoms with Gasteiger partial charge in [-0.15, -0.1) is 0 Å². The zero-order valence-corrected chi connectivity index (χ0v) is 11.4. The molecule has 0 aromatic heterocycles. The van der Waals surface area contributed by atoms with Crippen LogP contribution in [-0.4, -0.2) is 31.4 Å². The van der Waals surface area contributed by atoms with E-state index in [4.69, 9.17) is 11.6 Å². The first kappa shape index (κ1) is 13.8. The fourth-order valence-electron chi connectivity index (χ4n) is 1.70. The molecule has 102 valence electrons. The molecule has 0 radical (unpaired) electrons. The minimum Gasteiger partial charge on any atom is -0.347 e. The van der Waals surface area contributed by atoms with Gasteiger partial charge in [-0.2, -0.15) is 0 Å². The number of benzene rings is 1. The Morgan fingerprint density at radius 3 is 2.74 bits per heavy atom. The van der Waals surface area contributed by atoms with Crippen molar-refractivity contribution in [2.75, 3.05) is 25.0 Å². The van der Waals surface area contributed by atoms with Crippen LogP contribution >= 0.6 is 11.6 Å². The summed E-state index contributed by atoms with van der Waals surface area (Å²) in [5, 5.41) is 8.76. The highest BCUT2D eigenvalue weighted by Crippen LogP contribution is 2.22. The van der Waals surface area contributed by atoms with Crippen LogP contribution in [0.3, 0.4) is 0 Å². The van der Waals surface area contributed by atoms with Crippen molar-refractivity contribution in [3.63, 3.8) is 0 Å². The Hall–Kier alpha value is -1.59. The first-order chi connectivity index (χ1) is 9.06. The Labute approximate surface area is 116 Å². The van der Waals surface area contributed by atoms with Gasteiger partial charge in [-0.1, -0.05) is 17.7 Å². The molecule has 1 aliphatic heterocycles. The number of hydrogen-bond acceptors (Lipinski definition) is 3. The molecule has 3 N–H and O–H groups in total. The molecule has 0 aliphatic carbocycles. The van der Waals surface area contributed by atoms with Gasteiger partial charge in [0.25, 0.3) is 0 Å². The van der Waals surface area contributed by atoms with Crippen molar-refractivity contribution in [2.45, 2.75) is 6.92 Å². The van der Waals surface area contributed by atoms with Gasteiger partial charge in [0.1, 0.15) is 0 Å². The van der Waals surface area contributed by atoms with Crippen molar-refractivity contribution in [3.8, 4) is 0 Å². The van der Waals surface area contributed by atoms with Gasteiger partial charge in [-0.25, -0.2) is 0 Å². The summed E-state index contributed by atoms with van der Waals surface area (Å²) in [6, 6.07) is 5.38. The van der Waals surface area contributed by atoms with Crippen molar-refractivity contribution in [3.05, 3.63) is 28.8 Å². The van der Waals surface area contributed by atoms with E-state index >= 15 is 0 Å². The lowest BCUT2D eigenvalue weighted by Crippen LogP contribution is -2.51. The molecule has 1 heterocycles. The molecule has 0 atom stereocenters. The van der Waals surface area contributed by atoms with Crippen LogP contribution in [0, 0.1) is 12.8 Å². The predicted octanol–water partition coefficient (Wildman–Crippen LogP) is 0.923. The largest absolute Gasteiger partial charge is 0.347 e. The maximum absolute atomic E-state index is 11.7. The Morgan fingerprint density at radius 2 is 2.16 bits per heavy atom. The second-order valence-corrected chi connectivity index (χ2v) is 5.01. The molecule has 1 aromatic carbocycles. The van der Waals surface area contributed by atoms with Crippen LogP contribution < -0.4 is 16.0 Å². The van der Waals surface area contributed by atoms with E-state index in [-0.39, 0.29) is 24.3 Å². The number of aryl methyl sites for hydroxylation is 1. The monoisotopic (exact) mass is 281 g/mol. The third-order valence-electron chi connectivity index (χ3n) is 2.97. The maximum atomic E-state index is 11.7. The van der Waals surface area contributed by atoms with Crippen molar-refractivity contribution in [1.82, 2.24) is 10.6 Å². The molecule has 2 amide bonds. The molecule has 5 nitrogen and oxygen atoms in total. The summed E-state index contributed by atoms with van der Waals surface area (Å²) in [4.78, 5) is 23.2. The Morgan fingerprint density at radius 1 is 1.42 bits per heavy atom. The Kier molecular flexibility index (Phi) is 4.39.